The second kappa shape index (κ2) is 6.12. The first-order valence-corrected chi connectivity index (χ1v) is 7.46. The summed E-state index contributed by atoms with van der Waals surface area (Å²) in [5, 5.41) is 24.6. The number of nitrogens with zero attached hydrogens (tertiary/aromatic N) is 1. The fourth-order valence-corrected chi connectivity index (χ4v) is 3.11. The molecule has 20 heavy (non-hydrogen) atoms. The third kappa shape index (κ3) is 3.21. The number of carboxylic acid groups (broad SMARTS) is 1. The zero-order chi connectivity index (χ0) is 14.7. The van der Waals surface area contributed by atoms with Crippen LogP contribution in [0.25, 0.3) is 9.88 Å². The number of amides is 1. The number of aliphatic hydroxyl groups excluding tert-OH is 1. The van der Waals surface area contributed by atoms with Gasteiger partial charge in [-0.15, -0.1) is 22.7 Å². The number of aliphatic carboxylic acids is 1. The van der Waals surface area contributed by atoms with Gasteiger partial charge in [-0.25, -0.2) is 9.78 Å². The van der Waals surface area contributed by atoms with Crippen molar-refractivity contribution in [2.75, 3.05) is 0 Å². The standard InChI is InChI=1S/C12H12N2O4S2/c1-6(15)9(12(17)18)14-10(16)7-5-20-11(13-7)8-3-2-4-19-8/h2-6,9,15H,1H3,(H,14,16)(H,17,18). The lowest BCUT2D eigenvalue weighted by molar-refractivity contribution is -0.141. The second-order valence-corrected chi connectivity index (χ2v) is 5.85. The summed E-state index contributed by atoms with van der Waals surface area (Å²) < 4.78 is 0. The van der Waals surface area contributed by atoms with Gasteiger partial charge in [0.25, 0.3) is 5.91 Å². The monoisotopic (exact) mass is 312 g/mol. The number of rotatable bonds is 5. The normalized spacial score (nSPS) is 13.7. The Labute approximate surface area is 122 Å². The van der Waals surface area contributed by atoms with E-state index in [2.05, 4.69) is 10.3 Å². The van der Waals surface area contributed by atoms with Gasteiger partial charge in [-0.1, -0.05) is 6.07 Å². The van der Waals surface area contributed by atoms with Crippen molar-refractivity contribution in [2.45, 2.75) is 19.1 Å². The lowest BCUT2D eigenvalue weighted by Crippen LogP contribution is -2.47. The summed E-state index contributed by atoms with van der Waals surface area (Å²) in [6.07, 6.45) is -1.19. The van der Waals surface area contributed by atoms with Crippen molar-refractivity contribution in [3.8, 4) is 9.88 Å². The molecule has 2 aromatic heterocycles. The third-order valence-electron chi connectivity index (χ3n) is 2.50. The highest BCUT2D eigenvalue weighted by Crippen LogP contribution is 2.27. The maximum atomic E-state index is 11.9. The molecule has 0 saturated carbocycles. The Morgan fingerprint density at radius 2 is 2.15 bits per heavy atom. The van der Waals surface area contributed by atoms with Gasteiger partial charge < -0.3 is 15.5 Å². The van der Waals surface area contributed by atoms with Crippen molar-refractivity contribution in [3.05, 3.63) is 28.6 Å². The molecule has 8 heteroatoms. The maximum absolute atomic E-state index is 11.9. The molecule has 2 aromatic rings. The average molecular weight is 312 g/mol. The van der Waals surface area contributed by atoms with Gasteiger partial charge in [0.15, 0.2) is 6.04 Å². The number of carboxylic acids is 1. The number of aliphatic hydroxyl groups is 1. The number of thiazole rings is 1. The van der Waals surface area contributed by atoms with E-state index in [1.165, 1.54) is 29.6 Å². The molecule has 0 aliphatic carbocycles. The van der Waals surface area contributed by atoms with Gasteiger partial charge in [0.1, 0.15) is 10.7 Å². The molecule has 0 aliphatic rings. The number of hydrogen-bond acceptors (Lipinski definition) is 6. The van der Waals surface area contributed by atoms with Crippen molar-refractivity contribution >= 4 is 34.6 Å². The predicted octanol–water partition coefficient (Wildman–Crippen LogP) is 1.44. The Hall–Kier alpha value is -1.77. The van der Waals surface area contributed by atoms with Gasteiger partial charge in [0, 0.05) is 5.38 Å². The Balaban J connectivity index is 2.12. The highest BCUT2D eigenvalue weighted by Gasteiger charge is 2.26. The molecule has 0 radical (unpaired) electrons. The molecular weight excluding hydrogens is 300 g/mol. The lowest BCUT2D eigenvalue weighted by atomic mass is 10.2. The summed E-state index contributed by atoms with van der Waals surface area (Å²) in [6.45, 7) is 1.30. The molecule has 0 spiro atoms. The molecule has 2 heterocycles. The molecule has 0 aromatic carbocycles. The van der Waals surface area contributed by atoms with E-state index < -0.39 is 24.0 Å². The molecule has 6 nitrogen and oxygen atoms in total. The molecule has 0 aliphatic heterocycles. The Kier molecular flexibility index (Phi) is 4.48. The number of hydrogen-bond donors (Lipinski definition) is 3. The Morgan fingerprint density at radius 3 is 2.70 bits per heavy atom. The predicted molar refractivity (Wildman–Crippen MR) is 76.0 cm³/mol. The second-order valence-electron chi connectivity index (χ2n) is 4.05. The number of nitrogens with one attached hydrogen (secondary N) is 1. The van der Waals surface area contributed by atoms with Crippen molar-refractivity contribution in [2.24, 2.45) is 0 Å². The molecule has 2 rings (SSSR count). The van der Waals surface area contributed by atoms with Gasteiger partial charge in [-0.2, -0.15) is 0 Å². The van der Waals surface area contributed by atoms with Crippen LogP contribution in [0, 0.1) is 0 Å². The van der Waals surface area contributed by atoms with Crippen LogP contribution in [0.3, 0.4) is 0 Å². The van der Waals surface area contributed by atoms with Crippen molar-refractivity contribution in [1.29, 1.82) is 0 Å². The fraction of sp³-hybridized carbons (Fsp3) is 0.250. The van der Waals surface area contributed by atoms with Crippen molar-refractivity contribution in [1.82, 2.24) is 10.3 Å². The summed E-state index contributed by atoms with van der Waals surface area (Å²) in [4.78, 5) is 27.9. The molecule has 0 bridgehead atoms. The molecule has 0 fully saturated rings. The first-order valence-electron chi connectivity index (χ1n) is 5.70. The first kappa shape index (κ1) is 14.6. The largest absolute Gasteiger partial charge is 0.480 e. The minimum atomic E-state index is -1.35. The summed E-state index contributed by atoms with van der Waals surface area (Å²) >= 11 is 2.81. The van der Waals surface area contributed by atoms with Crippen LogP contribution in [-0.4, -0.2) is 39.2 Å². The molecule has 3 N–H and O–H groups in total. The zero-order valence-electron chi connectivity index (χ0n) is 10.4. The zero-order valence-corrected chi connectivity index (χ0v) is 12.1. The molecule has 2 unspecified atom stereocenters. The van der Waals surface area contributed by atoms with Gasteiger partial charge >= 0.3 is 5.97 Å². The molecular formula is C12H12N2O4S2. The quantitative estimate of drug-likeness (QED) is 0.775. The summed E-state index contributed by atoms with van der Waals surface area (Å²) in [6, 6.07) is 2.42. The van der Waals surface area contributed by atoms with E-state index in [1.807, 2.05) is 17.5 Å². The smallest absolute Gasteiger partial charge is 0.328 e. The van der Waals surface area contributed by atoms with E-state index in [9.17, 15) is 14.7 Å². The average Bonchev–Trinajstić information content (AvgIpc) is 3.04. The van der Waals surface area contributed by atoms with Crippen LogP contribution >= 0.6 is 22.7 Å². The first-order chi connectivity index (χ1) is 9.49. The molecule has 2 atom stereocenters. The topological polar surface area (TPSA) is 99.5 Å². The van der Waals surface area contributed by atoms with Crippen LogP contribution < -0.4 is 5.32 Å². The van der Waals surface area contributed by atoms with Crippen LogP contribution in [0.4, 0.5) is 0 Å². The van der Waals surface area contributed by atoms with Gasteiger partial charge in [-0.3, -0.25) is 4.79 Å². The van der Waals surface area contributed by atoms with Crippen LogP contribution in [0.15, 0.2) is 22.9 Å². The van der Waals surface area contributed by atoms with Crippen LogP contribution in [-0.2, 0) is 4.79 Å². The minimum Gasteiger partial charge on any atom is -0.480 e. The van der Waals surface area contributed by atoms with Gasteiger partial charge in [-0.05, 0) is 18.4 Å². The molecule has 106 valence electrons. The maximum Gasteiger partial charge on any atom is 0.328 e. The van der Waals surface area contributed by atoms with Crippen LogP contribution in [0.5, 0.6) is 0 Å². The third-order valence-corrected chi connectivity index (χ3v) is 4.39. The Morgan fingerprint density at radius 1 is 1.40 bits per heavy atom. The number of carbonyl (C=O) groups is 2. The van der Waals surface area contributed by atoms with E-state index in [0.717, 1.165) is 4.88 Å². The van der Waals surface area contributed by atoms with E-state index >= 15 is 0 Å². The van der Waals surface area contributed by atoms with E-state index in [0.29, 0.717) is 5.01 Å². The van der Waals surface area contributed by atoms with Gasteiger partial charge in [0.2, 0.25) is 0 Å². The summed E-state index contributed by atoms with van der Waals surface area (Å²) in [5.41, 5.74) is 0.144. The van der Waals surface area contributed by atoms with E-state index in [4.69, 9.17) is 5.11 Å². The van der Waals surface area contributed by atoms with Crippen LogP contribution in [0.2, 0.25) is 0 Å². The number of carbonyl (C=O) groups excluding carboxylic acids is 1. The number of thiophene rings is 1. The van der Waals surface area contributed by atoms with E-state index in [1.54, 1.807) is 5.38 Å². The summed E-state index contributed by atoms with van der Waals surface area (Å²) in [5.74, 6) is -1.90. The molecule has 1 amide bonds. The Bertz CT molecular complexity index is 607. The fourth-order valence-electron chi connectivity index (χ4n) is 1.50. The van der Waals surface area contributed by atoms with Crippen molar-refractivity contribution < 1.29 is 19.8 Å². The van der Waals surface area contributed by atoms with Crippen LogP contribution in [0.1, 0.15) is 17.4 Å². The summed E-state index contributed by atoms with van der Waals surface area (Å²) in [7, 11) is 0. The molecule has 0 saturated heterocycles. The van der Waals surface area contributed by atoms with E-state index in [-0.39, 0.29) is 5.69 Å². The minimum absolute atomic E-state index is 0.144. The number of aromatic nitrogens is 1. The van der Waals surface area contributed by atoms with Gasteiger partial charge in [0.05, 0.1) is 11.0 Å². The lowest BCUT2D eigenvalue weighted by Gasteiger charge is -2.16. The van der Waals surface area contributed by atoms with Crippen molar-refractivity contribution in [3.63, 3.8) is 0 Å². The highest BCUT2D eigenvalue weighted by molar-refractivity contribution is 7.20. The highest BCUT2D eigenvalue weighted by atomic mass is 32.1. The SMILES string of the molecule is CC(O)C(NC(=O)c1csc(-c2cccs2)n1)C(=O)O.